The van der Waals surface area contributed by atoms with Gasteiger partial charge < -0.3 is 5.32 Å². The van der Waals surface area contributed by atoms with E-state index in [1.54, 1.807) is 12.1 Å². The van der Waals surface area contributed by atoms with E-state index in [2.05, 4.69) is 15.3 Å². The summed E-state index contributed by atoms with van der Waals surface area (Å²) in [5, 5.41) is 4.20. The molecule has 0 atom stereocenters. The Morgan fingerprint density at radius 3 is 2.33 bits per heavy atom. The van der Waals surface area contributed by atoms with Crippen molar-refractivity contribution in [3.8, 4) is 0 Å². The highest BCUT2D eigenvalue weighted by Gasteiger charge is 2.32. The fourth-order valence-corrected chi connectivity index (χ4v) is 3.25. The largest absolute Gasteiger partial charge is 0.309 e. The van der Waals surface area contributed by atoms with Crippen LogP contribution in [0.1, 0.15) is 33.6 Å². The molecule has 7 nitrogen and oxygen atoms in total. The molecule has 1 aromatic heterocycles. The van der Waals surface area contributed by atoms with Crippen LogP contribution < -0.4 is 5.32 Å². The highest BCUT2D eigenvalue weighted by molar-refractivity contribution is 6.25. The molecule has 134 valence electrons. The molecule has 3 amide bonds. The van der Waals surface area contributed by atoms with Crippen molar-refractivity contribution in [1.29, 1.82) is 0 Å². The summed E-state index contributed by atoms with van der Waals surface area (Å²) in [4.78, 5) is 46.6. The van der Waals surface area contributed by atoms with Crippen LogP contribution in [0, 0.1) is 0 Å². The summed E-state index contributed by atoms with van der Waals surface area (Å²) in [6.45, 7) is 0.177. The molecule has 1 N–H and O–H groups in total. The van der Waals surface area contributed by atoms with E-state index in [1.165, 1.54) is 23.5 Å². The highest BCUT2D eigenvalue weighted by Crippen LogP contribution is 2.30. The summed E-state index contributed by atoms with van der Waals surface area (Å²) in [5.41, 5.74) is 1.04. The molecular weight excluding hydrogens is 344 g/mol. The van der Waals surface area contributed by atoms with Crippen molar-refractivity contribution < 1.29 is 14.4 Å². The molecule has 0 bridgehead atoms. The molecule has 1 aliphatic rings. The topological polar surface area (TPSA) is 92.3 Å². The van der Waals surface area contributed by atoms with Gasteiger partial charge in [0.15, 0.2) is 5.82 Å². The molecule has 0 aliphatic carbocycles. The van der Waals surface area contributed by atoms with Crippen LogP contribution in [0.4, 0.5) is 5.82 Å². The Morgan fingerprint density at radius 2 is 1.70 bits per heavy atom. The van der Waals surface area contributed by atoms with E-state index in [1.807, 2.05) is 24.3 Å². The summed E-state index contributed by atoms with van der Waals surface area (Å²) < 4.78 is 0. The molecule has 0 saturated heterocycles. The maximum Gasteiger partial charge on any atom is 0.261 e. The van der Waals surface area contributed by atoms with Gasteiger partial charge in [0.25, 0.3) is 11.8 Å². The second-order valence-electron chi connectivity index (χ2n) is 6.21. The minimum atomic E-state index is -0.321. The molecule has 27 heavy (non-hydrogen) atoms. The van der Waals surface area contributed by atoms with Crippen molar-refractivity contribution in [2.45, 2.75) is 12.8 Å². The summed E-state index contributed by atoms with van der Waals surface area (Å²) >= 11 is 0. The van der Waals surface area contributed by atoms with Crippen molar-refractivity contribution in [3.05, 3.63) is 66.1 Å². The van der Waals surface area contributed by atoms with Crippen LogP contribution in [0.3, 0.4) is 0 Å². The van der Waals surface area contributed by atoms with E-state index in [-0.39, 0.29) is 30.7 Å². The van der Waals surface area contributed by atoms with Gasteiger partial charge in [-0.05, 0) is 23.9 Å². The standard InChI is InChI=1S/C20H16N4O3/c25-17(23-16-12-21-9-10-22-16)8-3-11-24-19(26)14-6-1-4-13-5-2-7-15(18(13)14)20(24)27/h1-2,4-7,9-10,12H,3,8,11H2,(H,22,23,25). The third kappa shape index (κ3) is 3.15. The number of aromatic nitrogens is 2. The van der Waals surface area contributed by atoms with Gasteiger partial charge in [-0.3, -0.25) is 24.3 Å². The van der Waals surface area contributed by atoms with Gasteiger partial charge in [-0.15, -0.1) is 0 Å². The number of carbonyl (C=O) groups is 3. The fourth-order valence-electron chi connectivity index (χ4n) is 3.25. The second-order valence-corrected chi connectivity index (χ2v) is 6.21. The molecule has 0 spiro atoms. The van der Waals surface area contributed by atoms with Crippen LogP contribution in [0.5, 0.6) is 0 Å². The van der Waals surface area contributed by atoms with Gasteiger partial charge in [0.05, 0.1) is 6.20 Å². The Balaban J connectivity index is 1.45. The van der Waals surface area contributed by atoms with Crippen LogP contribution in [0.25, 0.3) is 10.8 Å². The summed E-state index contributed by atoms with van der Waals surface area (Å²) in [5.74, 6) is -0.514. The van der Waals surface area contributed by atoms with Crippen molar-refractivity contribution in [1.82, 2.24) is 14.9 Å². The summed E-state index contributed by atoms with van der Waals surface area (Å²) in [6.07, 6.45) is 4.98. The fraction of sp³-hybridized carbons (Fsp3) is 0.150. The van der Waals surface area contributed by atoms with Crippen LogP contribution >= 0.6 is 0 Å². The molecular formula is C20H16N4O3. The van der Waals surface area contributed by atoms with E-state index in [0.29, 0.717) is 28.8 Å². The minimum absolute atomic E-state index is 0.166. The van der Waals surface area contributed by atoms with Gasteiger partial charge in [-0.2, -0.15) is 0 Å². The second kappa shape index (κ2) is 6.95. The lowest BCUT2D eigenvalue weighted by Crippen LogP contribution is -2.41. The number of hydrogen-bond acceptors (Lipinski definition) is 5. The highest BCUT2D eigenvalue weighted by atomic mass is 16.2. The van der Waals surface area contributed by atoms with Gasteiger partial charge in [-0.25, -0.2) is 4.98 Å². The lowest BCUT2D eigenvalue weighted by Gasteiger charge is -2.27. The molecule has 3 aromatic rings. The van der Waals surface area contributed by atoms with Crippen LogP contribution in [0.2, 0.25) is 0 Å². The van der Waals surface area contributed by atoms with Crippen molar-refractivity contribution >= 4 is 34.3 Å². The smallest absolute Gasteiger partial charge is 0.261 e. The minimum Gasteiger partial charge on any atom is -0.309 e. The zero-order chi connectivity index (χ0) is 18.8. The monoisotopic (exact) mass is 360 g/mol. The number of imide groups is 1. The Morgan fingerprint density at radius 1 is 1.00 bits per heavy atom. The molecule has 2 aromatic carbocycles. The van der Waals surface area contributed by atoms with Gasteiger partial charge in [0, 0.05) is 41.9 Å². The first-order chi connectivity index (χ1) is 13.1. The number of rotatable bonds is 5. The van der Waals surface area contributed by atoms with Crippen molar-refractivity contribution in [2.75, 3.05) is 11.9 Å². The number of hydrogen-bond donors (Lipinski definition) is 1. The molecule has 7 heteroatoms. The number of amides is 3. The van der Waals surface area contributed by atoms with Crippen molar-refractivity contribution in [2.24, 2.45) is 0 Å². The Hall–Kier alpha value is -3.61. The predicted molar refractivity (Wildman–Crippen MR) is 99.2 cm³/mol. The predicted octanol–water partition coefficient (Wildman–Crippen LogP) is 2.64. The van der Waals surface area contributed by atoms with Gasteiger partial charge in [-0.1, -0.05) is 24.3 Å². The first kappa shape index (κ1) is 16.8. The van der Waals surface area contributed by atoms with E-state index in [0.717, 1.165) is 5.39 Å². The van der Waals surface area contributed by atoms with E-state index < -0.39 is 0 Å². The first-order valence-electron chi connectivity index (χ1n) is 8.59. The van der Waals surface area contributed by atoms with Crippen LogP contribution in [-0.2, 0) is 4.79 Å². The van der Waals surface area contributed by atoms with E-state index in [4.69, 9.17) is 0 Å². The maximum absolute atomic E-state index is 12.8. The Bertz CT molecular complexity index is 999. The van der Waals surface area contributed by atoms with Crippen LogP contribution in [0.15, 0.2) is 55.0 Å². The molecule has 0 saturated carbocycles. The zero-order valence-electron chi connectivity index (χ0n) is 14.4. The lowest BCUT2D eigenvalue weighted by atomic mass is 9.94. The summed E-state index contributed by atoms with van der Waals surface area (Å²) in [7, 11) is 0. The number of anilines is 1. The van der Waals surface area contributed by atoms with Crippen LogP contribution in [-0.4, -0.2) is 39.1 Å². The van der Waals surface area contributed by atoms with Gasteiger partial charge in [0.1, 0.15) is 0 Å². The quantitative estimate of drug-likeness (QED) is 0.706. The SMILES string of the molecule is O=C(CCCN1C(=O)c2cccc3cccc(c23)C1=O)Nc1cnccn1. The van der Waals surface area contributed by atoms with Gasteiger partial charge in [0.2, 0.25) is 5.91 Å². The maximum atomic E-state index is 12.8. The molecule has 0 radical (unpaired) electrons. The van der Waals surface area contributed by atoms with E-state index >= 15 is 0 Å². The molecule has 2 heterocycles. The number of nitrogens with one attached hydrogen (secondary N) is 1. The Labute approximate surface area is 155 Å². The average molecular weight is 360 g/mol. The first-order valence-corrected chi connectivity index (χ1v) is 8.59. The van der Waals surface area contributed by atoms with Gasteiger partial charge >= 0.3 is 0 Å². The van der Waals surface area contributed by atoms with Crippen molar-refractivity contribution in [3.63, 3.8) is 0 Å². The molecule has 1 aliphatic heterocycles. The number of benzene rings is 2. The average Bonchev–Trinajstić information content (AvgIpc) is 2.69. The third-order valence-corrected chi connectivity index (χ3v) is 4.47. The number of nitrogens with zero attached hydrogens (tertiary/aromatic N) is 3. The zero-order valence-corrected chi connectivity index (χ0v) is 14.4. The molecule has 0 fully saturated rings. The third-order valence-electron chi connectivity index (χ3n) is 4.47. The molecule has 4 rings (SSSR count). The molecule has 0 unspecified atom stereocenters. The summed E-state index contributed by atoms with van der Waals surface area (Å²) in [6, 6.07) is 10.8. The Kier molecular flexibility index (Phi) is 4.33. The number of carbonyl (C=O) groups excluding carboxylic acids is 3. The van der Waals surface area contributed by atoms with E-state index in [9.17, 15) is 14.4 Å². The lowest BCUT2D eigenvalue weighted by molar-refractivity contribution is -0.116. The normalized spacial score (nSPS) is 13.1.